The van der Waals surface area contributed by atoms with Crippen LogP contribution in [0.1, 0.15) is 79.0 Å². The third-order valence-corrected chi connectivity index (χ3v) is 11.1. The number of hydrogen-bond donors (Lipinski definition) is 0. The average molecular weight is 747 g/mol. The zero-order chi connectivity index (χ0) is 40.1. The Morgan fingerprint density at radius 3 is 1.30 bits per heavy atom. The normalized spacial score (nSPS) is 12.3. The Morgan fingerprint density at radius 1 is 0.351 bits per heavy atom. The molecule has 57 heavy (non-hydrogen) atoms. The molecule has 0 saturated carbocycles. The second-order valence-corrected chi connectivity index (χ2v) is 18.4. The smallest absolute Gasteiger partial charge is 0.137 e. The maximum atomic E-state index is 6.55. The minimum absolute atomic E-state index is 0.0176. The summed E-state index contributed by atoms with van der Waals surface area (Å²) in [7, 11) is 0. The molecule has 8 aromatic rings. The standard InChI is InChI=1S/C54H54N2O/c1-52(2,3)38-24-28-42(29-25-38)55(41-20-14-11-15-21-41)47-34-40(54(7,8)9)35-48(51(47)37-18-12-10-13-19-37)56(43-30-26-39(27-31-43)53(4,5)6)44-32-33-46-45-22-16-17-23-49(45)57-50(46)36-44/h10-36H,1-9H3. The first-order valence-corrected chi connectivity index (χ1v) is 20.2. The molecule has 0 amide bonds. The number of para-hydroxylation sites is 2. The van der Waals surface area contributed by atoms with E-state index in [0.717, 1.165) is 67.2 Å². The lowest BCUT2D eigenvalue weighted by molar-refractivity contribution is 0.589. The Labute approximate surface area is 339 Å². The highest BCUT2D eigenvalue weighted by atomic mass is 16.3. The summed E-state index contributed by atoms with van der Waals surface area (Å²) in [5, 5.41) is 2.23. The number of hydrogen-bond acceptors (Lipinski definition) is 3. The van der Waals surface area contributed by atoms with Crippen LogP contribution >= 0.6 is 0 Å². The van der Waals surface area contributed by atoms with Gasteiger partial charge in [-0.05, 0) is 105 Å². The van der Waals surface area contributed by atoms with Gasteiger partial charge in [0.15, 0.2) is 0 Å². The molecule has 0 saturated heterocycles. The first-order valence-electron chi connectivity index (χ1n) is 20.2. The van der Waals surface area contributed by atoms with Gasteiger partial charge in [0, 0.05) is 45.2 Å². The van der Waals surface area contributed by atoms with Crippen LogP contribution in [0, 0.1) is 0 Å². The molecule has 8 rings (SSSR count). The molecule has 0 atom stereocenters. The topological polar surface area (TPSA) is 19.6 Å². The Hall–Kier alpha value is -6.06. The van der Waals surface area contributed by atoms with Crippen molar-refractivity contribution in [1.29, 1.82) is 0 Å². The summed E-state index contributed by atoms with van der Waals surface area (Å²) in [4.78, 5) is 4.88. The molecular formula is C54H54N2O. The molecule has 0 aliphatic carbocycles. The highest BCUT2D eigenvalue weighted by molar-refractivity contribution is 6.07. The van der Waals surface area contributed by atoms with Crippen LogP contribution < -0.4 is 9.80 Å². The molecule has 0 unspecified atom stereocenters. The van der Waals surface area contributed by atoms with Crippen molar-refractivity contribution in [2.45, 2.75) is 78.6 Å². The molecule has 0 radical (unpaired) electrons. The fourth-order valence-electron chi connectivity index (χ4n) is 7.80. The maximum Gasteiger partial charge on any atom is 0.137 e. The van der Waals surface area contributed by atoms with Gasteiger partial charge in [-0.25, -0.2) is 0 Å². The van der Waals surface area contributed by atoms with Crippen LogP contribution in [0.25, 0.3) is 33.1 Å². The first kappa shape index (κ1) is 37.8. The zero-order valence-electron chi connectivity index (χ0n) is 34.9. The van der Waals surface area contributed by atoms with E-state index in [1.807, 2.05) is 6.07 Å². The van der Waals surface area contributed by atoms with Crippen LogP contribution in [0.2, 0.25) is 0 Å². The van der Waals surface area contributed by atoms with Crippen LogP contribution in [0.3, 0.4) is 0 Å². The van der Waals surface area contributed by atoms with E-state index >= 15 is 0 Å². The van der Waals surface area contributed by atoms with Crippen LogP contribution in [0.4, 0.5) is 34.1 Å². The van der Waals surface area contributed by atoms with Gasteiger partial charge in [0.05, 0.1) is 11.4 Å². The fourth-order valence-corrected chi connectivity index (χ4v) is 7.80. The lowest BCUT2D eigenvalue weighted by Crippen LogP contribution is -2.20. The van der Waals surface area contributed by atoms with Crippen molar-refractivity contribution in [2.24, 2.45) is 0 Å². The predicted octanol–water partition coefficient (Wildman–Crippen LogP) is 16.1. The van der Waals surface area contributed by atoms with Crippen molar-refractivity contribution in [3.63, 3.8) is 0 Å². The highest BCUT2D eigenvalue weighted by Crippen LogP contribution is 2.51. The lowest BCUT2D eigenvalue weighted by Gasteiger charge is -2.35. The summed E-state index contributed by atoms with van der Waals surface area (Å²) < 4.78 is 6.55. The molecule has 286 valence electrons. The minimum Gasteiger partial charge on any atom is -0.456 e. The molecule has 0 aliphatic rings. The quantitative estimate of drug-likeness (QED) is 0.162. The van der Waals surface area contributed by atoms with Gasteiger partial charge in [0.2, 0.25) is 0 Å². The Morgan fingerprint density at radius 2 is 0.772 bits per heavy atom. The SMILES string of the molecule is CC(C)(C)c1ccc(N(c2ccccc2)c2cc(C(C)(C)C)cc(N(c3ccc(C(C)(C)C)cc3)c3ccc4c(c3)oc3ccccc34)c2-c2ccccc2)cc1. The van der Waals surface area contributed by atoms with Crippen LogP contribution in [-0.4, -0.2) is 0 Å². The molecule has 0 bridgehead atoms. The maximum absolute atomic E-state index is 6.55. The van der Waals surface area contributed by atoms with E-state index < -0.39 is 0 Å². The third kappa shape index (κ3) is 7.47. The van der Waals surface area contributed by atoms with Crippen LogP contribution in [0.5, 0.6) is 0 Å². The zero-order valence-corrected chi connectivity index (χ0v) is 34.9. The second kappa shape index (κ2) is 14.5. The molecule has 0 aliphatic heterocycles. The largest absolute Gasteiger partial charge is 0.456 e. The van der Waals surface area contributed by atoms with Crippen molar-refractivity contribution >= 4 is 56.1 Å². The van der Waals surface area contributed by atoms with E-state index in [4.69, 9.17) is 4.42 Å². The first-order chi connectivity index (χ1) is 27.2. The van der Waals surface area contributed by atoms with E-state index in [9.17, 15) is 0 Å². The summed E-state index contributed by atoms with van der Waals surface area (Å²) in [6, 6.07) is 59.8. The van der Waals surface area contributed by atoms with Crippen molar-refractivity contribution in [1.82, 2.24) is 0 Å². The van der Waals surface area contributed by atoms with E-state index in [0.29, 0.717) is 0 Å². The molecule has 0 N–H and O–H groups in total. The van der Waals surface area contributed by atoms with E-state index in [-0.39, 0.29) is 16.2 Å². The van der Waals surface area contributed by atoms with E-state index in [1.165, 1.54) is 16.7 Å². The molecule has 3 heteroatoms. The highest BCUT2D eigenvalue weighted by Gasteiger charge is 2.29. The van der Waals surface area contributed by atoms with Gasteiger partial charge in [-0.2, -0.15) is 0 Å². The van der Waals surface area contributed by atoms with Gasteiger partial charge in [0.1, 0.15) is 11.2 Å². The monoisotopic (exact) mass is 746 g/mol. The number of furan rings is 1. The average Bonchev–Trinajstić information content (AvgIpc) is 3.56. The van der Waals surface area contributed by atoms with Gasteiger partial charge in [-0.3, -0.25) is 0 Å². The minimum atomic E-state index is -0.165. The molecule has 0 fully saturated rings. The number of rotatable bonds is 7. The number of nitrogens with zero attached hydrogens (tertiary/aromatic N) is 2. The summed E-state index contributed by atoms with van der Waals surface area (Å²) >= 11 is 0. The molecule has 1 aromatic heterocycles. The van der Waals surface area contributed by atoms with E-state index in [1.54, 1.807) is 0 Å². The van der Waals surface area contributed by atoms with Crippen molar-refractivity contribution in [2.75, 3.05) is 9.80 Å². The summed E-state index contributed by atoms with van der Waals surface area (Å²) in [5.74, 6) is 0. The fraction of sp³-hybridized carbons (Fsp3) is 0.222. The summed E-state index contributed by atoms with van der Waals surface area (Å²) in [6.07, 6.45) is 0. The van der Waals surface area contributed by atoms with Gasteiger partial charge in [0.25, 0.3) is 0 Å². The van der Waals surface area contributed by atoms with E-state index in [2.05, 4.69) is 230 Å². The number of anilines is 6. The second-order valence-electron chi connectivity index (χ2n) is 18.4. The summed E-state index contributed by atoms with van der Waals surface area (Å²) in [5.41, 5.74) is 14.3. The van der Waals surface area contributed by atoms with Crippen molar-refractivity contribution < 1.29 is 4.42 Å². The summed E-state index contributed by atoms with van der Waals surface area (Å²) in [6.45, 7) is 20.6. The molecule has 3 nitrogen and oxygen atoms in total. The Bertz CT molecular complexity index is 2650. The predicted molar refractivity (Wildman–Crippen MR) is 245 cm³/mol. The van der Waals surface area contributed by atoms with Crippen molar-refractivity contribution in [3.05, 3.63) is 180 Å². The van der Waals surface area contributed by atoms with Gasteiger partial charge in [-0.15, -0.1) is 0 Å². The molecule has 7 aromatic carbocycles. The molecule has 1 heterocycles. The van der Waals surface area contributed by atoms with Crippen molar-refractivity contribution in [3.8, 4) is 11.1 Å². The Kier molecular flexibility index (Phi) is 9.60. The van der Waals surface area contributed by atoms with Gasteiger partial charge < -0.3 is 14.2 Å². The molecule has 0 spiro atoms. The van der Waals surface area contributed by atoms with Crippen LogP contribution in [0.15, 0.2) is 168 Å². The molecular weight excluding hydrogens is 693 g/mol. The van der Waals surface area contributed by atoms with Gasteiger partial charge in [-0.1, -0.05) is 153 Å². The van der Waals surface area contributed by atoms with Gasteiger partial charge >= 0.3 is 0 Å². The number of fused-ring (bicyclic) bond motifs is 3. The third-order valence-electron chi connectivity index (χ3n) is 11.1. The Balaban J connectivity index is 1.48. The number of benzene rings is 7. The van der Waals surface area contributed by atoms with Crippen LogP contribution in [-0.2, 0) is 16.2 Å². The lowest BCUT2D eigenvalue weighted by atomic mass is 9.83.